The molecule has 0 aromatic heterocycles. The van der Waals surface area contributed by atoms with Crippen molar-refractivity contribution in [1.29, 1.82) is 0 Å². The number of aliphatic carboxylic acids is 1. The van der Waals surface area contributed by atoms with Gasteiger partial charge in [0.2, 0.25) is 5.91 Å². The van der Waals surface area contributed by atoms with E-state index in [0.29, 0.717) is 25.0 Å². The zero-order valence-electron chi connectivity index (χ0n) is 9.93. The lowest BCUT2D eigenvalue weighted by Gasteiger charge is -2.10. The summed E-state index contributed by atoms with van der Waals surface area (Å²) in [4.78, 5) is 22.9. The molecule has 2 N–H and O–H groups in total. The number of benzene rings is 1. The SMILES string of the molecule is O=C(NCc1ccccc1)C1=CCC[C@H]1C(=O)O. The summed E-state index contributed by atoms with van der Waals surface area (Å²) in [5.41, 5.74) is 1.38. The quantitative estimate of drug-likeness (QED) is 0.848. The minimum Gasteiger partial charge on any atom is -0.481 e. The maximum atomic E-state index is 11.9. The van der Waals surface area contributed by atoms with Gasteiger partial charge >= 0.3 is 5.97 Å². The molecule has 1 amide bonds. The van der Waals surface area contributed by atoms with E-state index in [1.165, 1.54) is 0 Å². The number of amides is 1. The lowest BCUT2D eigenvalue weighted by atomic mass is 10.0. The Morgan fingerprint density at radius 3 is 2.67 bits per heavy atom. The van der Waals surface area contributed by atoms with E-state index >= 15 is 0 Å². The third kappa shape index (κ3) is 2.77. The van der Waals surface area contributed by atoms with E-state index in [1.54, 1.807) is 6.08 Å². The molecule has 2 rings (SSSR count). The number of carboxylic acid groups (broad SMARTS) is 1. The lowest BCUT2D eigenvalue weighted by Crippen LogP contribution is -2.29. The number of carbonyl (C=O) groups is 2. The van der Waals surface area contributed by atoms with Crippen molar-refractivity contribution in [3.05, 3.63) is 47.5 Å². The summed E-state index contributed by atoms with van der Waals surface area (Å²) in [6.07, 6.45) is 2.90. The van der Waals surface area contributed by atoms with Crippen molar-refractivity contribution in [2.45, 2.75) is 19.4 Å². The molecule has 4 heteroatoms. The minimum atomic E-state index is -0.923. The van der Waals surface area contributed by atoms with Gasteiger partial charge in [-0.2, -0.15) is 0 Å². The highest BCUT2D eigenvalue weighted by Gasteiger charge is 2.30. The monoisotopic (exact) mass is 245 g/mol. The van der Waals surface area contributed by atoms with Crippen LogP contribution in [0, 0.1) is 5.92 Å². The number of carbonyl (C=O) groups excluding carboxylic acids is 1. The Labute approximate surface area is 105 Å². The molecule has 1 aliphatic rings. The molecule has 94 valence electrons. The first-order valence-electron chi connectivity index (χ1n) is 5.93. The second kappa shape index (κ2) is 5.49. The summed E-state index contributed by atoms with van der Waals surface area (Å²) < 4.78 is 0. The molecule has 1 aliphatic carbocycles. The highest BCUT2D eigenvalue weighted by atomic mass is 16.4. The molecule has 0 radical (unpaired) electrons. The molecule has 0 heterocycles. The largest absolute Gasteiger partial charge is 0.481 e. The summed E-state index contributed by atoms with van der Waals surface area (Å²) in [5, 5.41) is 11.8. The summed E-state index contributed by atoms with van der Waals surface area (Å²) >= 11 is 0. The number of hydrogen-bond donors (Lipinski definition) is 2. The van der Waals surface area contributed by atoms with Crippen LogP contribution in [0.15, 0.2) is 42.0 Å². The van der Waals surface area contributed by atoms with E-state index in [0.717, 1.165) is 5.56 Å². The van der Waals surface area contributed by atoms with Crippen molar-refractivity contribution in [3.63, 3.8) is 0 Å². The standard InChI is InChI=1S/C14H15NO3/c16-13(11-7-4-8-12(11)14(17)18)15-9-10-5-2-1-3-6-10/h1-3,5-7,12H,4,8-9H2,(H,15,16)(H,17,18)/t12-/m1/s1. The Balaban J connectivity index is 1.94. The molecule has 0 saturated carbocycles. The fourth-order valence-corrected chi connectivity index (χ4v) is 2.09. The Bertz CT molecular complexity index is 479. The van der Waals surface area contributed by atoms with E-state index in [-0.39, 0.29) is 5.91 Å². The molecule has 18 heavy (non-hydrogen) atoms. The maximum Gasteiger partial charge on any atom is 0.311 e. The minimum absolute atomic E-state index is 0.274. The van der Waals surface area contributed by atoms with Crippen LogP contribution < -0.4 is 5.32 Å². The van der Waals surface area contributed by atoms with Gasteiger partial charge < -0.3 is 10.4 Å². The predicted octanol–water partition coefficient (Wildman–Crippen LogP) is 1.72. The maximum absolute atomic E-state index is 11.9. The number of rotatable bonds is 4. The molecule has 0 spiro atoms. The van der Waals surface area contributed by atoms with Gasteiger partial charge in [0.15, 0.2) is 0 Å². The van der Waals surface area contributed by atoms with E-state index < -0.39 is 11.9 Å². The van der Waals surface area contributed by atoms with Gasteiger partial charge in [-0.25, -0.2) is 0 Å². The summed E-state index contributed by atoms with van der Waals surface area (Å²) in [5.74, 6) is -1.85. The van der Waals surface area contributed by atoms with Crippen LogP contribution in [0.5, 0.6) is 0 Å². The van der Waals surface area contributed by atoms with Crippen LogP contribution in [-0.4, -0.2) is 17.0 Å². The number of nitrogens with one attached hydrogen (secondary N) is 1. The molecular weight excluding hydrogens is 230 g/mol. The van der Waals surface area contributed by atoms with Gasteiger partial charge in [0.1, 0.15) is 0 Å². The van der Waals surface area contributed by atoms with Crippen molar-refractivity contribution >= 4 is 11.9 Å². The fraction of sp³-hybridized carbons (Fsp3) is 0.286. The third-order valence-electron chi connectivity index (χ3n) is 3.05. The summed E-state index contributed by atoms with van der Waals surface area (Å²) in [6.45, 7) is 0.420. The van der Waals surface area contributed by atoms with E-state index in [2.05, 4.69) is 5.32 Å². The Hall–Kier alpha value is -2.10. The topological polar surface area (TPSA) is 66.4 Å². The van der Waals surface area contributed by atoms with E-state index in [1.807, 2.05) is 30.3 Å². The second-order valence-electron chi connectivity index (χ2n) is 4.30. The number of allylic oxidation sites excluding steroid dienone is 1. The van der Waals surface area contributed by atoms with Gasteiger partial charge in [-0.05, 0) is 18.4 Å². The van der Waals surface area contributed by atoms with Crippen LogP contribution in [0.1, 0.15) is 18.4 Å². The van der Waals surface area contributed by atoms with Gasteiger partial charge in [-0.3, -0.25) is 9.59 Å². The first kappa shape index (κ1) is 12.4. The predicted molar refractivity (Wildman–Crippen MR) is 66.7 cm³/mol. The third-order valence-corrected chi connectivity index (χ3v) is 3.05. The molecular formula is C14H15NO3. The first-order chi connectivity index (χ1) is 8.68. The average molecular weight is 245 g/mol. The van der Waals surface area contributed by atoms with E-state index in [9.17, 15) is 9.59 Å². The first-order valence-corrected chi connectivity index (χ1v) is 5.93. The van der Waals surface area contributed by atoms with E-state index in [4.69, 9.17) is 5.11 Å². The van der Waals surface area contributed by atoms with Crippen molar-refractivity contribution in [2.75, 3.05) is 0 Å². The van der Waals surface area contributed by atoms with Gasteiger partial charge in [0.25, 0.3) is 0 Å². The molecule has 1 atom stereocenters. The number of hydrogen-bond acceptors (Lipinski definition) is 2. The Morgan fingerprint density at radius 2 is 2.00 bits per heavy atom. The molecule has 0 saturated heterocycles. The zero-order chi connectivity index (χ0) is 13.0. The normalized spacial score (nSPS) is 18.2. The molecule has 1 aromatic carbocycles. The molecule has 0 bridgehead atoms. The fourth-order valence-electron chi connectivity index (χ4n) is 2.09. The van der Waals surface area contributed by atoms with Crippen LogP contribution in [0.25, 0.3) is 0 Å². The van der Waals surface area contributed by atoms with Crippen molar-refractivity contribution in [2.24, 2.45) is 5.92 Å². The second-order valence-corrected chi connectivity index (χ2v) is 4.30. The molecule has 1 aromatic rings. The highest BCUT2D eigenvalue weighted by molar-refractivity contribution is 5.99. The highest BCUT2D eigenvalue weighted by Crippen LogP contribution is 2.26. The Morgan fingerprint density at radius 1 is 1.28 bits per heavy atom. The van der Waals surface area contributed by atoms with Crippen LogP contribution in [0.3, 0.4) is 0 Å². The average Bonchev–Trinajstić information content (AvgIpc) is 2.86. The van der Waals surface area contributed by atoms with Crippen LogP contribution in [0.2, 0.25) is 0 Å². The van der Waals surface area contributed by atoms with Gasteiger partial charge in [-0.1, -0.05) is 36.4 Å². The van der Waals surface area contributed by atoms with Crippen LogP contribution in [-0.2, 0) is 16.1 Å². The lowest BCUT2D eigenvalue weighted by molar-refractivity contribution is -0.141. The van der Waals surface area contributed by atoms with Crippen molar-refractivity contribution < 1.29 is 14.7 Å². The van der Waals surface area contributed by atoms with Gasteiger partial charge in [0.05, 0.1) is 5.92 Å². The van der Waals surface area contributed by atoms with Crippen LogP contribution >= 0.6 is 0 Å². The van der Waals surface area contributed by atoms with Gasteiger partial charge in [0, 0.05) is 12.1 Å². The summed E-state index contributed by atoms with van der Waals surface area (Å²) in [6, 6.07) is 9.54. The number of carboxylic acids is 1. The smallest absolute Gasteiger partial charge is 0.311 e. The molecule has 4 nitrogen and oxygen atoms in total. The van der Waals surface area contributed by atoms with Gasteiger partial charge in [-0.15, -0.1) is 0 Å². The van der Waals surface area contributed by atoms with Crippen molar-refractivity contribution in [1.82, 2.24) is 5.32 Å². The van der Waals surface area contributed by atoms with Crippen molar-refractivity contribution in [3.8, 4) is 0 Å². The Kier molecular flexibility index (Phi) is 3.77. The zero-order valence-corrected chi connectivity index (χ0v) is 9.93. The van der Waals surface area contributed by atoms with Crippen LogP contribution in [0.4, 0.5) is 0 Å². The summed E-state index contributed by atoms with van der Waals surface area (Å²) in [7, 11) is 0. The molecule has 0 aliphatic heterocycles. The molecule has 0 unspecified atom stereocenters. The molecule has 0 fully saturated rings.